The normalized spacial score (nSPS) is 12.4. The van der Waals surface area contributed by atoms with E-state index in [1.54, 1.807) is 6.92 Å². The molecule has 10 heteroatoms. The van der Waals surface area contributed by atoms with Crippen molar-refractivity contribution >= 4 is 45.5 Å². The molecular formula is C15H26BrN3O6. The summed E-state index contributed by atoms with van der Waals surface area (Å²) in [4.78, 5) is 46.2. The van der Waals surface area contributed by atoms with Crippen LogP contribution in [-0.2, 0) is 14.4 Å². The molecule has 1 atom stereocenters. The molecule has 0 spiro atoms. The number of nitrogens with zero attached hydrogens (tertiary/aromatic N) is 1. The topological polar surface area (TPSA) is 159 Å². The van der Waals surface area contributed by atoms with Gasteiger partial charge in [-0.1, -0.05) is 36.7 Å². The van der Waals surface area contributed by atoms with Gasteiger partial charge in [-0.25, -0.2) is 9.59 Å². The van der Waals surface area contributed by atoms with Gasteiger partial charge in [-0.15, -0.1) is 0 Å². The van der Waals surface area contributed by atoms with E-state index in [1.807, 2.05) is 26.1 Å². The molecule has 144 valence electrons. The number of imide groups is 1. The molecule has 0 aromatic rings. The third-order valence-corrected chi connectivity index (χ3v) is 4.79. The Balaban J connectivity index is 0. The largest absolute Gasteiger partial charge is 0.481 e. The summed E-state index contributed by atoms with van der Waals surface area (Å²) in [6, 6.07) is -1.97. The number of carboxylic acid groups (broad SMARTS) is 2. The molecule has 25 heavy (non-hydrogen) atoms. The molecule has 0 bridgehead atoms. The predicted molar refractivity (Wildman–Crippen MR) is 97.0 cm³/mol. The van der Waals surface area contributed by atoms with E-state index in [0.717, 1.165) is 0 Å². The Kier molecular flexibility index (Phi) is 12.5. The van der Waals surface area contributed by atoms with Crippen LogP contribution >= 0.6 is 15.9 Å². The molecule has 0 fully saturated rings. The summed E-state index contributed by atoms with van der Waals surface area (Å²) in [6.07, 6.45) is 1.39. The Morgan fingerprint density at radius 3 is 1.92 bits per heavy atom. The van der Waals surface area contributed by atoms with E-state index in [9.17, 15) is 19.2 Å². The fourth-order valence-corrected chi connectivity index (χ4v) is 1.61. The van der Waals surface area contributed by atoms with E-state index in [1.165, 1.54) is 0 Å². The van der Waals surface area contributed by atoms with E-state index in [-0.39, 0.29) is 5.91 Å². The number of hydrogen-bond donors (Lipinski definition) is 4. The van der Waals surface area contributed by atoms with Gasteiger partial charge in [-0.3, -0.25) is 19.9 Å². The van der Waals surface area contributed by atoms with Crippen LogP contribution < -0.4 is 11.1 Å². The van der Waals surface area contributed by atoms with Crippen molar-refractivity contribution in [2.45, 2.75) is 63.7 Å². The predicted octanol–water partition coefficient (Wildman–Crippen LogP) is 1.92. The monoisotopic (exact) mass is 423 g/mol. The number of halogens is 1. The lowest BCUT2D eigenvalue weighted by Gasteiger charge is -2.21. The van der Waals surface area contributed by atoms with E-state index in [2.05, 4.69) is 20.9 Å². The summed E-state index contributed by atoms with van der Waals surface area (Å²) < 4.78 is -0.665. The van der Waals surface area contributed by atoms with Crippen LogP contribution in [0, 0.1) is 0 Å². The van der Waals surface area contributed by atoms with Crippen molar-refractivity contribution in [1.82, 2.24) is 5.32 Å². The van der Waals surface area contributed by atoms with Gasteiger partial charge in [0.05, 0.1) is 6.42 Å². The second kappa shape index (κ2) is 12.4. The molecule has 0 aliphatic carbocycles. The van der Waals surface area contributed by atoms with Crippen molar-refractivity contribution in [2.24, 2.45) is 10.7 Å². The number of urea groups is 1. The summed E-state index contributed by atoms with van der Waals surface area (Å²) >= 11 is 3.26. The number of rotatable bonds is 8. The van der Waals surface area contributed by atoms with Gasteiger partial charge in [-0.05, 0) is 26.2 Å². The SMILES string of the molecule is CCC(Br)(CC)C(=O)NC(N)=O.CCC(C)=NC(CC(=O)O)C(=O)O. The van der Waals surface area contributed by atoms with Gasteiger partial charge in [0.2, 0.25) is 5.91 Å². The minimum atomic E-state index is -1.20. The van der Waals surface area contributed by atoms with Crippen LogP contribution in [0.3, 0.4) is 0 Å². The Hall–Kier alpha value is -1.97. The van der Waals surface area contributed by atoms with Gasteiger partial charge in [-0.2, -0.15) is 0 Å². The van der Waals surface area contributed by atoms with E-state index >= 15 is 0 Å². The van der Waals surface area contributed by atoms with Gasteiger partial charge in [0.25, 0.3) is 0 Å². The Morgan fingerprint density at radius 2 is 1.64 bits per heavy atom. The zero-order valence-electron chi connectivity index (χ0n) is 14.8. The van der Waals surface area contributed by atoms with Gasteiger partial charge in [0.1, 0.15) is 4.32 Å². The molecule has 0 radical (unpaired) electrons. The maximum absolute atomic E-state index is 11.3. The molecule has 3 amide bonds. The van der Waals surface area contributed by atoms with Crippen LogP contribution in [0.5, 0.6) is 0 Å². The highest BCUT2D eigenvalue weighted by Gasteiger charge is 2.32. The Labute approximate surface area is 155 Å². The summed E-state index contributed by atoms with van der Waals surface area (Å²) in [5.41, 5.74) is 5.45. The summed E-state index contributed by atoms with van der Waals surface area (Å²) in [5.74, 6) is -2.73. The minimum absolute atomic E-state index is 0.375. The molecule has 1 unspecified atom stereocenters. The molecule has 0 aliphatic rings. The lowest BCUT2D eigenvalue weighted by atomic mass is 10.0. The molecule has 0 saturated heterocycles. The van der Waals surface area contributed by atoms with Crippen molar-refractivity contribution in [3.8, 4) is 0 Å². The fourth-order valence-electron chi connectivity index (χ4n) is 1.51. The number of primary amides is 1. The molecule has 0 rings (SSSR count). The number of amides is 3. The lowest BCUT2D eigenvalue weighted by Crippen LogP contribution is -2.46. The molecular weight excluding hydrogens is 398 g/mol. The number of carbonyl (C=O) groups excluding carboxylic acids is 2. The van der Waals surface area contributed by atoms with Crippen LogP contribution in [0.15, 0.2) is 4.99 Å². The first kappa shape index (κ1) is 25.3. The Morgan fingerprint density at radius 1 is 1.16 bits per heavy atom. The number of carboxylic acids is 2. The second-order valence-corrected chi connectivity index (χ2v) is 6.68. The number of nitrogens with one attached hydrogen (secondary N) is 1. The van der Waals surface area contributed by atoms with Gasteiger partial charge >= 0.3 is 18.0 Å². The summed E-state index contributed by atoms with van der Waals surface area (Å²) in [7, 11) is 0. The molecule has 5 N–H and O–H groups in total. The number of aliphatic imine (C=N–C) groups is 1. The van der Waals surface area contributed by atoms with Crippen molar-refractivity contribution in [3.05, 3.63) is 0 Å². The highest BCUT2D eigenvalue weighted by molar-refractivity contribution is 9.10. The number of alkyl halides is 1. The highest BCUT2D eigenvalue weighted by atomic mass is 79.9. The maximum atomic E-state index is 11.3. The first-order valence-corrected chi connectivity index (χ1v) is 8.50. The van der Waals surface area contributed by atoms with Crippen molar-refractivity contribution < 1.29 is 29.4 Å². The van der Waals surface area contributed by atoms with Gasteiger partial charge in [0.15, 0.2) is 6.04 Å². The molecule has 0 aliphatic heterocycles. The first-order valence-electron chi connectivity index (χ1n) is 7.71. The molecule has 0 saturated carbocycles. The van der Waals surface area contributed by atoms with Crippen LogP contribution in [-0.4, -0.2) is 50.2 Å². The molecule has 0 aromatic carbocycles. The Bertz CT molecular complexity index is 517. The second-order valence-electron chi connectivity index (χ2n) is 5.16. The first-order chi connectivity index (χ1) is 11.4. The molecule has 9 nitrogen and oxygen atoms in total. The van der Waals surface area contributed by atoms with E-state index in [0.29, 0.717) is 25.0 Å². The van der Waals surface area contributed by atoms with Crippen molar-refractivity contribution in [3.63, 3.8) is 0 Å². The zero-order chi connectivity index (χ0) is 20.2. The number of aliphatic carboxylic acids is 2. The fraction of sp³-hybridized carbons (Fsp3) is 0.667. The van der Waals surface area contributed by atoms with Crippen LogP contribution in [0.25, 0.3) is 0 Å². The number of carbonyl (C=O) groups is 4. The average molecular weight is 424 g/mol. The average Bonchev–Trinajstić information content (AvgIpc) is 2.52. The maximum Gasteiger partial charge on any atom is 0.329 e. The van der Waals surface area contributed by atoms with E-state index in [4.69, 9.17) is 15.9 Å². The van der Waals surface area contributed by atoms with Crippen LogP contribution in [0.2, 0.25) is 0 Å². The smallest absolute Gasteiger partial charge is 0.329 e. The lowest BCUT2D eigenvalue weighted by molar-refractivity contribution is -0.144. The third-order valence-electron chi connectivity index (χ3n) is 3.31. The molecule has 0 aromatic heterocycles. The molecule has 0 heterocycles. The van der Waals surface area contributed by atoms with Crippen LogP contribution in [0.1, 0.15) is 53.4 Å². The third kappa shape index (κ3) is 11.2. The highest BCUT2D eigenvalue weighted by Crippen LogP contribution is 2.26. The van der Waals surface area contributed by atoms with Gasteiger partial charge in [0, 0.05) is 5.71 Å². The van der Waals surface area contributed by atoms with Gasteiger partial charge < -0.3 is 15.9 Å². The van der Waals surface area contributed by atoms with Crippen molar-refractivity contribution in [1.29, 1.82) is 0 Å². The standard InChI is InChI=1S/C8H13NO4.C7H13BrN2O2/c1-3-5(2)9-6(8(12)13)4-7(10)11;1-3-7(8,4-2)5(11)10-6(9)12/h6H,3-4H2,1-2H3,(H,10,11)(H,12,13);3-4H2,1-2H3,(H3,9,10,11,12). The zero-order valence-corrected chi connectivity index (χ0v) is 16.4. The number of nitrogens with two attached hydrogens (primary N) is 1. The summed E-state index contributed by atoms with van der Waals surface area (Å²) in [6.45, 7) is 7.23. The summed E-state index contributed by atoms with van der Waals surface area (Å²) in [5, 5.41) is 19.0. The van der Waals surface area contributed by atoms with Crippen molar-refractivity contribution in [2.75, 3.05) is 0 Å². The van der Waals surface area contributed by atoms with E-state index < -0.39 is 34.8 Å². The minimum Gasteiger partial charge on any atom is -0.481 e. The quantitative estimate of drug-likeness (QED) is 0.344. The number of hydrogen-bond acceptors (Lipinski definition) is 5. The van der Waals surface area contributed by atoms with Crippen LogP contribution in [0.4, 0.5) is 4.79 Å².